The Kier molecular flexibility index (Phi) is 4.50. The van der Waals surface area contributed by atoms with Gasteiger partial charge in [0.15, 0.2) is 0 Å². The van der Waals surface area contributed by atoms with E-state index in [-0.39, 0.29) is 6.09 Å². The fourth-order valence-electron chi connectivity index (χ4n) is 5.03. The summed E-state index contributed by atoms with van der Waals surface area (Å²) >= 11 is 0. The van der Waals surface area contributed by atoms with E-state index in [1.807, 2.05) is 57.2 Å². The summed E-state index contributed by atoms with van der Waals surface area (Å²) in [6.45, 7) is 5.68. The quantitative estimate of drug-likeness (QED) is 0.288. The minimum absolute atomic E-state index is 0.372. The van der Waals surface area contributed by atoms with Gasteiger partial charge in [0.1, 0.15) is 5.60 Å². The second-order valence-corrected chi connectivity index (χ2v) is 9.72. The van der Waals surface area contributed by atoms with Crippen molar-refractivity contribution >= 4 is 29.1 Å². The number of fused-ring (bicyclic) bond motifs is 5. The Balaban J connectivity index is 1.69. The summed E-state index contributed by atoms with van der Waals surface area (Å²) in [5.74, 6) is 0. The molecule has 4 aromatic rings. The molecule has 34 heavy (non-hydrogen) atoms. The molecule has 2 aliphatic rings. The van der Waals surface area contributed by atoms with Crippen LogP contribution in [0.2, 0.25) is 0 Å². The first-order valence-corrected chi connectivity index (χ1v) is 11.6. The molecule has 0 spiro atoms. The molecule has 166 valence electrons. The third kappa shape index (κ3) is 3.16. The topological polar surface area (TPSA) is 29.5 Å². The smallest absolute Gasteiger partial charge is 0.419 e. The monoisotopic (exact) mass is 443 g/mol. The highest BCUT2D eigenvalue weighted by molar-refractivity contribution is 6.08. The molecule has 0 atom stereocenters. The largest absolute Gasteiger partial charge is 0.443 e. The molecule has 1 heterocycles. The molecule has 0 saturated carbocycles. The number of nitrogens with zero attached hydrogens (tertiary/aromatic N) is 1. The van der Waals surface area contributed by atoms with E-state index in [9.17, 15) is 4.79 Å². The molecule has 3 heteroatoms. The van der Waals surface area contributed by atoms with E-state index in [1.165, 1.54) is 21.9 Å². The highest BCUT2D eigenvalue weighted by Crippen LogP contribution is 2.44. The molecule has 0 fully saturated rings. The van der Waals surface area contributed by atoms with Crippen LogP contribution in [0.3, 0.4) is 0 Å². The predicted octanol–water partition coefficient (Wildman–Crippen LogP) is 6.13. The van der Waals surface area contributed by atoms with E-state index in [4.69, 9.17) is 4.74 Å². The van der Waals surface area contributed by atoms with Gasteiger partial charge in [-0.2, -0.15) is 0 Å². The van der Waals surface area contributed by atoms with Crippen molar-refractivity contribution in [3.05, 3.63) is 118 Å². The van der Waals surface area contributed by atoms with Crippen LogP contribution < -0.4 is 15.3 Å². The van der Waals surface area contributed by atoms with Crippen LogP contribution in [0.15, 0.2) is 91.0 Å². The molecule has 0 radical (unpaired) electrons. The van der Waals surface area contributed by atoms with Gasteiger partial charge in [0.2, 0.25) is 0 Å². The average Bonchev–Trinajstić information content (AvgIpc) is 3.20. The van der Waals surface area contributed by atoms with Crippen molar-refractivity contribution in [2.24, 2.45) is 0 Å². The fourth-order valence-corrected chi connectivity index (χ4v) is 5.03. The Labute approximate surface area is 199 Å². The zero-order valence-electron chi connectivity index (χ0n) is 19.5. The molecular formula is C31H25NO2. The third-order valence-electron chi connectivity index (χ3n) is 6.33. The minimum atomic E-state index is -0.591. The number of ether oxygens (including phenoxy) is 1. The normalized spacial score (nSPS) is 13.4. The number of amides is 1. The van der Waals surface area contributed by atoms with E-state index < -0.39 is 5.60 Å². The molecule has 1 amide bonds. The van der Waals surface area contributed by atoms with Crippen LogP contribution in [0.1, 0.15) is 37.5 Å². The Bertz CT molecular complexity index is 1540. The van der Waals surface area contributed by atoms with Crippen molar-refractivity contribution in [2.45, 2.75) is 26.4 Å². The summed E-state index contributed by atoms with van der Waals surface area (Å²) < 4.78 is 5.82. The van der Waals surface area contributed by atoms with Crippen LogP contribution in [-0.2, 0) is 4.74 Å². The maximum absolute atomic E-state index is 13.4. The summed E-state index contributed by atoms with van der Waals surface area (Å²) in [5.41, 5.74) is 7.97. The lowest BCUT2D eigenvalue weighted by molar-refractivity contribution is 0.0598. The predicted molar refractivity (Wildman–Crippen MR) is 138 cm³/mol. The number of hydrogen-bond acceptors (Lipinski definition) is 2. The lowest BCUT2D eigenvalue weighted by Gasteiger charge is -2.34. The van der Waals surface area contributed by atoms with E-state index >= 15 is 0 Å². The lowest BCUT2D eigenvalue weighted by Crippen LogP contribution is -2.37. The molecule has 0 unspecified atom stereocenters. The van der Waals surface area contributed by atoms with Crippen LogP contribution >= 0.6 is 0 Å². The van der Waals surface area contributed by atoms with Gasteiger partial charge in [0.05, 0.1) is 11.4 Å². The first-order valence-electron chi connectivity index (χ1n) is 11.6. The highest BCUT2D eigenvalue weighted by Gasteiger charge is 2.33. The molecular weight excluding hydrogens is 418 g/mol. The number of carbonyl (C=O) groups is 1. The van der Waals surface area contributed by atoms with Crippen LogP contribution in [0.4, 0.5) is 16.2 Å². The Hall–Kier alpha value is -4.11. The zero-order chi connectivity index (χ0) is 23.4. The molecule has 0 saturated heterocycles. The number of rotatable bonds is 0. The van der Waals surface area contributed by atoms with Crippen molar-refractivity contribution in [1.82, 2.24) is 0 Å². The zero-order valence-corrected chi connectivity index (χ0v) is 19.5. The van der Waals surface area contributed by atoms with E-state index in [1.54, 1.807) is 4.90 Å². The number of carbonyl (C=O) groups excluding carboxylic acids is 1. The van der Waals surface area contributed by atoms with Gasteiger partial charge in [-0.3, -0.25) is 0 Å². The van der Waals surface area contributed by atoms with Crippen molar-refractivity contribution in [3.63, 3.8) is 0 Å². The van der Waals surface area contributed by atoms with Gasteiger partial charge < -0.3 is 4.74 Å². The van der Waals surface area contributed by atoms with Crippen LogP contribution in [0.25, 0.3) is 22.8 Å². The van der Waals surface area contributed by atoms with Gasteiger partial charge >= 0.3 is 6.09 Å². The molecule has 0 aromatic heterocycles. The standard InChI is InChI=1S/C31H25NO2/c1-31(2,3)34-30(33)32-27-17-8-6-13-24(27)29(25-14-7-9-18-28(25)32)23-16-10-15-22-21-12-5-4-11-20(21)19-26(22)23/h4-19H,1-3H3. The van der Waals surface area contributed by atoms with Crippen LogP contribution in [0.5, 0.6) is 0 Å². The van der Waals surface area contributed by atoms with E-state index in [0.717, 1.165) is 33.3 Å². The van der Waals surface area contributed by atoms with Crippen LogP contribution in [-0.4, -0.2) is 11.7 Å². The number of benzene rings is 4. The summed E-state index contributed by atoms with van der Waals surface area (Å²) in [4.78, 5) is 15.1. The molecule has 0 N–H and O–H groups in total. The number of hydrogen-bond donors (Lipinski definition) is 0. The summed E-state index contributed by atoms with van der Waals surface area (Å²) in [5, 5.41) is 2.38. The second kappa shape index (κ2) is 7.46. The van der Waals surface area contributed by atoms with Gasteiger partial charge in [-0.15, -0.1) is 0 Å². The summed E-state index contributed by atoms with van der Waals surface area (Å²) in [7, 11) is 0. The van der Waals surface area contributed by atoms with Crippen molar-refractivity contribution in [2.75, 3.05) is 4.90 Å². The average molecular weight is 444 g/mol. The van der Waals surface area contributed by atoms with Gasteiger partial charge in [-0.25, -0.2) is 9.69 Å². The van der Waals surface area contributed by atoms with Crippen molar-refractivity contribution < 1.29 is 9.53 Å². The molecule has 3 nitrogen and oxygen atoms in total. The van der Waals surface area contributed by atoms with Gasteiger partial charge in [0.25, 0.3) is 0 Å². The van der Waals surface area contributed by atoms with E-state index in [0.29, 0.717) is 0 Å². The lowest BCUT2D eigenvalue weighted by atomic mass is 9.88. The molecule has 1 aliphatic heterocycles. The fraction of sp³-hybridized carbons (Fsp3) is 0.129. The second-order valence-electron chi connectivity index (χ2n) is 9.72. The summed E-state index contributed by atoms with van der Waals surface area (Å²) in [6, 6.07) is 31.2. The number of para-hydroxylation sites is 2. The third-order valence-corrected chi connectivity index (χ3v) is 6.33. The molecule has 1 aliphatic carbocycles. The van der Waals surface area contributed by atoms with Gasteiger partial charge in [-0.05, 0) is 66.1 Å². The van der Waals surface area contributed by atoms with Crippen molar-refractivity contribution in [1.29, 1.82) is 0 Å². The molecule has 0 bridgehead atoms. The van der Waals surface area contributed by atoms with Crippen molar-refractivity contribution in [3.8, 4) is 11.1 Å². The van der Waals surface area contributed by atoms with E-state index in [2.05, 4.69) is 60.7 Å². The Morgan fingerprint density at radius 1 is 0.676 bits per heavy atom. The SMILES string of the molecule is CC(C)(C)OC(=O)N1c2ccccc2C(=c2cccc3c2=Cc2ccccc2-3)c2ccccc21. The minimum Gasteiger partial charge on any atom is -0.443 e. The number of anilines is 2. The maximum atomic E-state index is 13.4. The molecule has 4 aromatic carbocycles. The molecule has 6 rings (SSSR count). The maximum Gasteiger partial charge on any atom is 0.419 e. The van der Waals surface area contributed by atoms with Gasteiger partial charge in [-0.1, -0.05) is 78.9 Å². The van der Waals surface area contributed by atoms with Crippen LogP contribution in [0, 0.1) is 0 Å². The highest BCUT2D eigenvalue weighted by atomic mass is 16.6. The first-order chi connectivity index (χ1) is 16.4. The van der Waals surface area contributed by atoms with Gasteiger partial charge in [0, 0.05) is 16.7 Å². The Morgan fingerprint density at radius 3 is 1.88 bits per heavy atom. The summed E-state index contributed by atoms with van der Waals surface area (Å²) in [6.07, 6.45) is 1.90. The Morgan fingerprint density at radius 2 is 1.24 bits per heavy atom. The first kappa shape index (κ1) is 20.5.